The van der Waals surface area contributed by atoms with Crippen molar-refractivity contribution in [3.63, 3.8) is 0 Å². The van der Waals surface area contributed by atoms with Gasteiger partial charge >= 0.3 is 5.97 Å². The van der Waals surface area contributed by atoms with Crippen LogP contribution in [0.5, 0.6) is 0 Å². The first-order valence-corrected chi connectivity index (χ1v) is 5.59. The average molecular weight is 233 g/mol. The van der Waals surface area contributed by atoms with Crippen LogP contribution in [-0.2, 0) is 19.0 Å². The van der Waals surface area contributed by atoms with Gasteiger partial charge in [0.1, 0.15) is 5.54 Å². The van der Waals surface area contributed by atoms with Gasteiger partial charge in [-0.1, -0.05) is 0 Å². The van der Waals surface area contributed by atoms with Crippen LogP contribution in [0.25, 0.3) is 0 Å². The lowest BCUT2D eigenvalue weighted by atomic mass is 10.1. The van der Waals surface area contributed by atoms with Crippen LogP contribution in [-0.4, -0.2) is 44.0 Å². The second-order valence-corrected chi connectivity index (χ2v) is 3.92. The zero-order valence-corrected chi connectivity index (χ0v) is 10.6. The molecular weight excluding hydrogens is 210 g/mol. The van der Waals surface area contributed by atoms with E-state index < -0.39 is 11.5 Å². The smallest absolute Gasteiger partial charge is 0.328 e. The van der Waals surface area contributed by atoms with E-state index in [9.17, 15) is 4.79 Å². The fraction of sp³-hybridized carbons (Fsp3) is 0.909. The van der Waals surface area contributed by atoms with E-state index in [1.165, 1.54) is 0 Å². The summed E-state index contributed by atoms with van der Waals surface area (Å²) in [6, 6.07) is 0. The zero-order valence-electron chi connectivity index (χ0n) is 10.6. The molecular formula is C11H23NO4. The molecule has 0 aliphatic rings. The van der Waals surface area contributed by atoms with E-state index in [1.807, 2.05) is 13.8 Å². The molecule has 0 aromatic carbocycles. The van der Waals surface area contributed by atoms with Crippen molar-refractivity contribution in [2.75, 3.05) is 26.4 Å². The van der Waals surface area contributed by atoms with E-state index in [0.29, 0.717) is 19.8 Å². The lowest BCUT2D eigenvalue weighted by Gasteiger charge is -2.24. The average Bonchev–Trinajstić information content (AvgIpc) is 2.24. The summed E-state index contributed by atoms with van der Waals surface area (Å²) < 4.78 is 15.5. The van der Waals surface area contributed by atoms with Crippen molar-refractivity contribution in [3.05, 3.63) is 0 Å². The predicted molar refractivity (Wildman–Crippen MR) is 61.1 cm³/mol. The van der Waals surface area contributed by atoms with Crippen molar-refractivity contribution in [2.45, 2.75) is 39.3 Å². The van der Waals surface area contributed by atoms with Crippen molar-refractivity contribution >= 4 is 5.97 Å². The Labute approximate surface area is 97.2 Å². The van der Waals surface area contributed by atoms with Crippen LogP contribution in [0.3, 0.4) is 0 Å². The van der Waals surface area contributed by atoms with Crippen molar-refractivity contribution in [3.8, 4) is 0 Å². The highest BCUT2D eigenvalue weighted by atomic mass is 16.5. The molecule has 0 bridgehead atoms. The fourth-order valence-electron chi connectivity index (χ4n) is 1.00. The van der Waals surface area contributed by atoms with Gasteiger partial charge in [-0.15, -0.1) is 0 Å². The standard InChI is InChI=1S/C11H23NO4/c1-5-14-7-9(3)16-8-11(4,12)10(13)15-6-2/h9H,5-8,12H2,1-4H3. The number of rotatable bonds is 8. The Morgan fingerprint density at radius 2 is 2.00 bits per heavy atom. The molecule has 0 amide bonds. The van der Waals surface area contributed by atoms with Crippen LogP contribution in [0.4, 0.5) is 0 Å². The highest BCUT2D eigenvalue weighted by molar-refractivity contribution is 5.80. The molecule has 96 valence electrons. The topological polar surface area (TPSA) is 70.8 Å². The minimum atomic E-state index is -1.10. The van der Waals surface area contributed by atoms with E-state index in [1.54, 1.807) is 13.8 Å². The Kier molecular flexibility index (Phi) is 7.29. The quantitative estimate of drug-likeness (QED) is 0.625. The van der Waals surface area contributed by atoms with Crippen LogP contribution in [0, 0.1) is 0 Å². The maximum Gasteiger partial charge on any atom is 0.328 e. The first-order chi connectivity index (χ1) is 7.44. The fourth-order valence-corrected chi connectivity index (χ4v) is 1.00. The molecule has 0 heterocycles. The highest BCUT2D eigenvalue weighted by Gasteiger charge is 2.30. The molecule has 0 rings (SSSR count). The molecule has 2 atom stereocenters. The van der Waals surface area contributed by atoms with Gasteiger partial charge in [-0.05, 0) is 27.7 Å². The molecule has 2 N–H and O–H groups in total. The summed E-state index contributed by atoms with van der Waals surface area (Å²) in [5.74, 6) is -0.446. The molecule has 0 aromatic rings. The summed E-state index contributed by atoms with van der Waals surface area (Å²) >= 11 is 0. The minimum Gasteiger partial charge on any atom is -0.465 e. The highest BCUT2D eigenvalue weighted by Crippen LogP contribution is 2.05. The second-order valence-electron chi connectivity index (χ2n) is 3.92. The number of nitrogens with two attached hydrogens (primary N) is 1. The van der Waals surface area contributed by atoms with E-state index in [-0.39, 0.29) is 12.7 Å². The van der Waals surface area contributed by atoms with Gasteiger partial charge in [0.25, 0.3) is 0 Å². The molecule has 0 aliphatic carbocycles. The van der Waals surface area contributed by atoms with Crippen LogP contribution < -0.4 is 5.73 Å². The number of esters is 1. The summed E-state index contributed by atoms with van der Waals surface area (Å²) in [6.45, 7) is 8.71. The molecule has 0 saturated carbocycles. The van der Waals surface area contributed by atoms with E-state index >= 15 is 0 Å². The van der Waals surface area contributed by atoms with Crippen molar-refractivity contribution in [2.24, 2.45) is 5.73 Å². The summed E-state index contributed by atoms with van der Waals surface area (Å²) in [4.78, 5) is 11.4. The SMILES string of the molecule is CCOCC(C)OCC(C)(N)C(=O)OCC. The Balaban J connectivity index is 3.92. The molecule has 0 aliphatic heterocycles. The van der Waals surface area contributed by atoms with E-state index in [4.69, 9.17) is 19.9 Å². The molecule has 0 spiro atoms. The summed E-state index contributed by atoms with van der Waals surface area (Å²) in [6.07, 6.45) is -0.0859. The molecule has 16 heavy (non-hydrogen) atoms. The molecule has 2 unspecified atom stereocenters. The summed E-state index contributed by atoms with van der Waals surface area (Å²) in [7, 11) is 0. The van der Waals surface area contributed by atoms with Gasteiger partial charge in [0.05, 0.1) is 25.9 Å². The van der Waals surface area contributed by atoms with Crippen molar-refractivity contribution in [1.82, 2.24) is 0 Å². The third kappa shape index (κ3) is 6.05. The Morgan fingerprint density at radius 1 is 1.38 bits per heavy atom. The number of hydrogen-bond acceptors (Lipinski definition) is 5. The van der Waals surface area contributed by atoms with E-state index in [2.05, 4.69) is 0 Å². The van der Waals surface area contributed by atoms with E-state index in [0.717, 1.165) is 0 Å². The van der Waals surface area contributed by atoms with Crippen molar-refractivity contribution in [1.29, 1.82) is 0 Å². The van der Waals surface area contributed by atoms with Gasteiger partial charge in [-0.2, -0.15) is 0 Å². The third-order valence-corrected chi connectivity index (χ3v) is 1.97. The Hall–Kier alpha value is -0.650. The minimum absolute atomic E-state index is 0.0859. The lowest BCUT2D eigenvalue weighted by Crippen LogP contribution is -2.51. The van der Waals surface area contributed by atoms with Gasteiger partial charge in [-0.3, -0.25) is 0 Å². The van der Waals surface area contributed by atoms with Gasteiger partial charge in [-0.25, -0.2) is 4.79 Å². The van der Waals surface area contributed by atoms with Gasteiger partial charge in [0, 0.05) is 6.61 Å². The molecule has 0 radical (unpaired) electrons. The number of hydrogen-bond donors (Lipinski definition) is 1. The Bertz CT molecular complexity index is 206. The van der Waals surface area contributed by atoms with Crippen LogP contribution in [0.2, 0.25) is 0 Å². The first kappa shape index (κ1) is 15.3. The molecule has 0 saturated heterocycles. The monoisotopic (exact) mass is 233 g/mol. The lowest BCUT2D eigenvalue weighted by molar-refractivity contribution is -0.152. The Morgan fingerprint density at radius 3 is 2.50 bits per heavy atom. The number of carbonyl (C=O) groups is 1. The summed E-state index contributed by atoms with van der Waals surface area (Å²) in [5, 5.41) is 0. The first-order valence-electron chi connectivity index (χ1n) is 5.59. The molecule has 5 nitrogen and oxygen atoms in total. The molecule has 0 fully saturated rings. The zero-order chi connectivity index (χ0) is 12.6. The molecule has 0 aromatic heterocycles. The predicted octanol–water partition coefficient (Wildman–Crippen LogP) is 0.709. The van der Waals surface area contributed by atoms with Crippen molar-refractivity contribution < 1.29 is 19.0 Å². The summed E-state index contributed by atoms with van der Waals surface area (Å²) in [5.41, 5.74) is 4.68. The third-order valence-electron chi connectivity index (χ3n) is 1.97. The maximum atomic E-state index is 11.4. The molecule has 5 heteroatoms. The maximum absolute atomic E-state index is 11.4. The number of ether oxygens (including phenoxy) is 3. The van der Waals surface area contributed by atoms with Crippen LogP contribution >= 0.6 is 0 Å². The normalized spacial score (nSPS) is 16.6. The van der Waals surface area contributed by atoms with Gasteiger partial charge < -0.3 is 19.9 Å². The van der Waals surface area contributed by atoms with Gasteiger partial charge in [0.15, 0.2) is 0 Å². The van der Waals surface area contributed by atoms with Gasteiger partial charge in [0.2, 0.25) is 0 Å². The van der Waals surface area contributed by atoms with Crippen LogP contribution in [0.15, 0.2) is 0 Å². The second kappa shape index (κ2) is 7.60. The number of carbonyl (C=O) groups excluding carboxylic acids is 1. The largest absolute Gasteiger partial charge is 0.465 e. The van der Waals surface area contributed by atoms with Crippen LogP contribution in [0.1, 0.15) is 27.7 Å².